The Morgan fingerprint density at radius 3 is 2.57 bits per heavy atom. The van der Waals surface area contributed by atoms with Crippen molar-refractivity contribution >= 4 is 23.6 Å². The predicted molar refractivity (Wildman–Crippen MR) is 201 cm³/mol. The van der Waals surface area contributed by atoms with Gasteiger partial charge in [0.15, 0.2) is 0 Å². The highest BCUT2D eigenvalue weighted by molar-refractivity contribution is 6.30. The van der Waals surface area contributed by atoms with Gasteiger partial charge in [0.2, 0.25) is 5.91 Å². The molecule has 1 saturated carbocycles. The molecule has 3 aliphatic rings. The highest BCUT2D eigenvalue weighted by atomic mass is 35.5. The number of aromatic nitrogens is 2. The first-order valence-corrected chi connectivity index (χ1v) is 19.3. The van der Waals surface area contributed by atoms with E-state index in [0.29, 0.717) is 32.7 Å². The van der Waals surface area contributed by atoms with Crippen LogP contribution in [0.15, 0.2) is 85.3 Å². The quantitative estimate of drug-likeness (QED) is 0.168. The van der Waals surface area contributed by atoms with Gasteiger partial charge in [-0.1, -0.05) is 67.4 Å². The maximum Gasteiger partial charge on any atom is 0.410 e. The lowest BCUT2D eigenvalue weighted by Gasteiger charge is -2.45. The molecular formula is C42H50ClN5O3. The number of hydrogen-bond donors (Lipinski definition) is 0. The van der Waals surface area contributed by atoms with Crippen LogP contribution in [0.4, 0.5) is 4.79 Å². The first kappa shape index (κ1) is 35.3. The zero-order valence-electron chi connectivity index (χ0n) is 29.8. The van der Waals surface area contributed by atoms with Crippen LogP contribution in [0.2, 0.25) is 5.02 Å². The summed E-state index contributed by atoms with van der Waals surface area (Å²) in [5.41, 5.74) is 6.97. The van der Waals surface area contributed by atoms with Gasteiger partial charge in [0.05, 0.1) is 11.7 Å². The maximum absolute atomic E-state index is 15.0. The molecule has 4 aromatic rings. The molecule has 7 rings (SSSR count). The average molecular weight is 708 g/mol. The van der Waals surface area contributed by atoms with E-state index >= 15 is 4.79 Å². The molecule has 1 aliphatic heterocycles. The van der Waals surface area contributed by atoms with Crippen molar-refractivity contribution in [2.75, 3.05) is 26.2 Å². The van der Waals surface area contributed by atoms with E-state index in [1.165, 1.54) is 28.7 Å². The molecule has 0 spiro atoms. The monoisotopic (exact) mass is 707 g/mol. The summed E-state index contributed by atoms with van der Waals surface area (Å²) in [7, 11) is 0. The Hall–Kier alpha value is -4.14. The van der Waals surface area contributed by atoms with E-state index in [0.717, 1.165) is 74.2 Å². The summed E-state index contributed by atoms with van der Waals surface area (Å²) in [5, 5.41) is 0.720. The zero-order valence-corrected chi connectivity index (χ0v) is 30.5. The molecule has 0 unspecified atom stereocenters. The van der Waals surface area contributed by atoms with Crippen molar-refractivity contribution < 1.29 is 14.3 Å². The van der Waals surface area contributed by atoms with Crippen LogP contribution in [0.5, 0.6) is 0 Å². The van der Waals surface area contributed by atoms with Crippen molar-refractivity contribution in [2.24, 2.45) is 0 Å². The van der Waals surface area contributed by atoms with Crippen LogP contribution in [-0.2, 0) is 41.9 Å². The van der Waals surface area contributed by atoms with Crippen LogP contribution < -0.4 is 0 Å². The number of nitrogens with zero attached hydrogens (tertiary/aromatic N) is 5. The Labute approximate surface area is 307 Å². The maximum atomic E-state index is 15.0. The van der Waals surface area contributed by atoms with Crippen LogP contribution in [-0.4, -0.2) is 74.6 Å². The van der Waals surface area contributed by atoms with Crippen molar-refractivity contribution in [1.82, 2.24) is 24.3 Å². The molecule has 9 heteroatoms. The zero-order chi connectivity index (χ0) is 35.2. The number of piperazine rings is 1. The fourth-order valence-corrected chi connectivity index (χ4v) is 8.37. The number of carbonyl (C=O) groups excluding carboxylic acids is 2. The summed E-state index contributed by atoms with van der Waals surface area (Å²) < 4.78 is 8.36. The standard InChI is InChI=1S/C42H50ClN5O3/c1-2-31-20-24-45(28-31)22-10-23-47(29-32-11-5-3-6-12-32)41(49)38-30-46(25-26-48(38)42(50)51-36-14-7-4-8-15-36)40-37-19-18-35(43)27-34(37)17-16-33-13-9-21-44-39(33)40/h3,5-6,9,11-13,18-21,24,27-28,36,38,40H,2,4,7-8,10,14-17,22-23,25-26,29-30H2,1H3/t38-,40+/m1/s1. The van der Waals surface area contributed by atoms with Crippen LogP contribution in [0.1, 0.15) is 85.0 Å². The summed E-state index contributed by atoms with van der Waals surface area (Å²) in [5.74, 6) is -0.0444. The molecule has 2 amide bonds. The van der Waals surface area contributed by atoms with E-state index in [2.05, 4.69) is 65.2 Å². The number of ether oxygens (including phenoxy) is 1. The molecule has 2 aliphatic carbocycles. The van der Waals surface area contributed by atoms with Crippen molar-refractivity contribution in [2.45, 2.75) is 96.0 Å². The predicted octanol–water partition coefficient (Wildman–Crippen LogP) is 7.86. The lowest BCUT2D eigenvalue weighted by molar-refractivity contribution is -0.140. The van der Waals surface area contributed by atoms with Gasteiger partial charge in [-0.15, -0.1) is 0 Å². The summed E-state index contributed by atoms with van der Waals surface area (Å²) in [6.45, 7) is 5.39. The molecule has 0 radical (unpaired) electrons. The van der Waals surface area contributed by atoms with Crippen molar-refractivity contribution in [3.63, 3.8) is 0 Å². The molecule has 2 fully saturated rings. The lowest BCUT2D eigenvalue weighted by atomic mass is 9.95. The summed E-state index contributed by atoms with van der Waals surface area (Å²) in [6, 6.07) is 21.8. The number of halogens is 1. The van der Waals surface area contributed by atoms with E-state index in [1.54, 1.807) is 4.90 Å². The van der Waals surface area contributed by atoms with Gasteiger partial charge in [0, 0.05) is 62.9 Å². The van der Waals surface area contributed by atoms with Gasteiger partial charge in [-0.25, -0.2) is 4.79 Å². The fraction of sp³-hybridized carbons (Fsp3) is 0.452. The van der Waals surface area contributed by atoms with Crippen LogP contribution >= 0.6 is 11.6 Å². The molecule has 3 heterocycles. The largest absolute Gasteiger partial charge is 0.446 e. The summed E-state index contributed by atoms with van der Waals surface area (Å²) >= 11 is 6.53. The number of aryl methyl sites for hydroxylation is 4. The number of pyridine rings is 1. The molecule has 268 valence electrons. The first-order chi connectivity index (χ1) is 25.0. The smallest absolute Gasteiger partial charge is 0.410 e. The molecule has 51 heavy (non-hydrogen) atoms. The van der Waals surface area contributed by atoms with Gasteiger partial charge in [-0.2, -0.15) is 0 Å². The molecule has 2 atom stereocenters. The minimum atomic E-state index is -0.706. The molecule has 2 aromatic heterocycles. The summed E-state index contributed by atoms with van der Waals surface area (Å²) in [4.78, 5) is 40.1. The number of carbonyl (C=O) groups is 2. The Bertz CT molecular complexity index is 1790. The second-order valence-corrected chi connectivity index (χ2v) is 14.8. The minimum Gasteiger partial charge on any atom is -0.446 e. The van der Waals surface area contributed by atoms with E-state index in [9.17, 15) is 4.79 Å². The van der Waals surface area contributed by atoms with Gasteiger partial charge in [0.1, 0.15) is 12.1 Å². The molecule has 1 saturated heterocycles. The fourth-order valence-electron chi connectivity index (χ4n) is 8.18. The highest BCUT2D eigenvalue weighted by Gasteiger charge is 2.42. The summed E-state index contributed by atoms with van der Waals surface area (Å²) in [6.07, 6.45) is 14.3. The van der Waals surface area contributed by atoms with E-state index < -0.39 is 6.04 Å². The molecule has 8 nitrogen and oxygen atoms in total. The third-order valence-corrected chi connectivity index (χ3v) is 11.2. The third-order valence-electron chi connectivity index (χ3n) is 11.0. The van der Waals surface area contributed by atoms with Gasteiger partial charge in [-0.3, -0.25) is 19.6 Å². The molecule has 0 bridgehead atoms. The number of rotatable bonds is 10. The molecule has 0 N–H and O–H groups in total. The minimum absolute atomic E-state index is 0.0444. The number of amides is 2. The van der Waals surface area contributed by atoms with Crippen molar-refractivity contribution in [1.29, 1.82) is 0 Å². The van der Waals surface area contributed by atoms with Crippen LogP contribution in [0.3, 0.4) is 0 Å². The van der Waals surface area contributed by atoms with E-state index in [-0.39, 0.29) is 24.1 Å². The second-order valence-electron chi connectivity index (χ2n) is 14.4. The SMILES string of the molecule is CCc1ccn(CCCN(Cc2ccccc2)C(=O)[C@H]2CN([C@H]3c4ccc(Cl)cc4CCc4cccnc43)CCN2C(=O)OC2CCCCC2)c1. The van der Waals surface area contributed by atoms with Gasteiger partial charge in [-0.05, 0) is 103 Å². The third kappa shape index (κ3) is 8.34. The van der Waals surface area contributed by atoms with E-state index in [4.69, 9.17) is 21.3 Å². The Balaban J connectivity index is 1.20. The van der Waals surface area contributed by atoms with Gasteiger partial charge < -0.3 is 14.2 Å². The van der Waals surface area contributed by atoms with Crippen molar-refractivity contribution in [3.05, 3.63) is 124 Å². The van der Waals surface area contributed by atoms with E-state index in [1.807, 2.05) is 41.4 Å². The van der Waals surface area contributed by atoms with Gasteiger partial charge in [0.25, 0.3) is 0 Å². The highest BCUT2D eigenvalue weighted by Crippen LogP contribution is 2.38. The normalized spacial score (nSPS) is 19.5. The van der Waals surface area contributed by atoms with Crippen LogP contribution in [0.25, 0.3) is 0 Å². The Morgan fingerprint density at radius 2 is 1.76 bits per heavy atom. The number of fused-ring (bicyclic) bond motifs is 2. The second kappa shape index (κ2) is 16.5. The van der Waals surface area contributed by atoms with Crippen molar-refractivity contribution in [3.8, 4) is 0 Å². The van der Waals surface area contributed by atoms with Crippen LogP contribution in [0, 0.1) is 0 Å². The van der Waals surface area contributed by atoms with Gasteiger partial charge >= 0.3 is 6.09 Å². The Morgan fingerprint density at radius 1 is 0.941 bits per heavy atom. The topological polar surface area (TPSA) is 70.9 Å². The number of hydrogen-bond acceptors (Lipinski definition) is 5. The first-order valence-electron chi connectivity index (χ1n) is 18.9. The molecule has 2 aromatic carbocycles. The average Bonchev–Trinajstić information content (AvgIpc) is 3.56. The Kier molecular flexibility index (Phi) is 11.4. The number of benzene rings is 2. The lowest BCUT2D eigenvalue weighted by Crippen LogP contribution is -2.62. The molecular weight excluding hydrogens is 658 g/mol.